The fourth-order valence-corrected chi connectivity index (χ4v) is 2.57. The van der Waals surface area contributed by atoms with Crippen molar-refractivity contribution in [3.8, 4) is 5.75 Å². The lowest BCUT2D eigenvalue weighted by Gasteiger charge is -2.23. The second-order valence-electron chi connectivity index (χ2n) is 5.39. The van der Waals surface area contributed by atoms with Gasteiger partial charge in [0.2, 0.25) is 0 Å². The maximum Gasteiger partial charge on any atom is 0.118 e. The van der Waals surface area contributed by atoms with Gasteiger partial charge in [0.1, 0.15) is 5.75 Å². The molecule has 0 radical (unpaired) electrons. The summed E-state index contributed by atoms with van der Waals surface area (Å²) >= 11 is 0. The summed E-state index contributed by atoms with van der Waals surface area (Å²) in [5.41, 5.74) is 1.34. The number of methoxy groups -OCH3 is 1. The molecule has 1 aromatic carbocycles. The Morgan fingerprint density at radius 1 is 1.28 bits per heavy atom. The second-order valence-corrected chi connectivity index (χ2v) is 5.39. The Balaban J connectivity index is 1.94. The third kappa shape index (κ3) is 3.49. The van der Waals surface area contributed by atoms with Crippen LogP contribution < -0.4 is 10.1 Å². The molecule has 0 bridgehead atoms. The Bertz CT molecular complexity index is 356. The number of hydrogen-bond acceptors (Lipinski definition) is 2. The molecule has 0 aromatic heterocycles. The van der Waals surface area contributed by atoms with E-state index < -0.39 is 0 Å². The van der Waals surface area contributed by atoms with Gasteiger partial charge < -0.3 is 10.1 Å². The van der Waals surface area contributed by atoms with E-state index in [9.17, 15) is 0 Å². The van der Waals surface area contributed by atoms with Gasteiger partial charge in [-0.05, 0) is 49.8 Å². The molecule has 1 unspecified atom stereocenters. The second kappa shape index (κ2) is 6.24. The van der Waals surface area contributed by atoms with E-state index in [0.717, 1.165) is 11.7 Å². The SMILES string of the molecule is CCCC(N[C@@H](C)c1ccc(OC)cc1)C1CC1. The zero-order valence-corrected chi connectivity index (χ0v) is 11.8. The van der Waals surface area contributed by atoms with Crippen LogP contribution in [0, 0.1) is 5.92 Å². The van der Waals surface area contributed by atoms with E-state index in [1.165, 1.54) is 31.2 Å². The Morgan fingerprint density at radius 3 is 2.44 bits per heavy atom. The Labute approximate surface area is 111 Å². The molecule has 1 aliphatic rings. The first-order chi connectivity index (χ1) is 8.74. The molecule has 0 amide bonds. The molecule has 1 aliphatic carbocycles. The van der Waals surface area contributed by atoms with E-state index in [1.807, 2.05) is 12.1 Å². The fraction of sp³-hybridized carbons (Fsp3) is 0.625. The van der Waals surface area contributed by atoms with Crippen molar-refractivity contribution in [1.29, 1.82) is 0 Å². The average Bonchev–Trinajstić information content (AvgIpc) is 3.22. The number of rotatable bonds is 7. The molecule has 1 saturated carbocycles. The van der Waals surface area contributed by atoms with Gasteiger partial charge in [0.05, 0.1) is 7.11 Å². The van der Waals surface area contributed by atoms with E-state index in [-0.39, 0.29) is 0 Å². The minimum Gasteiger partial charge on any atom is -0.497 e. The number of hydrogen-bond donors (Lipinski definition) is 1. The quantitative estimate of drug-likeness (QED) is 0.788. The molecule has 0 heterocycles. The molecule has 100 valence electrons. The summed E-state index contributed by atoms with van der Waals surface area (Å²) < 4.78 is 5.20. The van der Waals surface area contributed by atoms with Gasteiger partial charge in [-0.25, -0.2) is 0 Å². The molecule has 2 atom stereocenters. The summed E-state index contributed by atoms with van der Waals surface area (Å²) in [6.45, 7) is 4.53. The van der Waals surface area contributed by atoms with Crippen LogP contribution in [0.15, 0.2) is 24.3 Å². The predicted molar refractivity (Wildman–Crippen MR) is 76.0 cm³/mol. The first kappa shape index (κ1) is 13.4. The van der Waals surface area contributed by atoms with E-state index >= 15 is 0 Å². The van der Waals surface area contributed by atoms with Crippen LogP contribution in [0.25, 0.3) is 0 Å². The van der Waals surface area contributed by atoms with Crippen molar-refractivity contribution in [1.82, 2.24) is 5.32 Å². The summed E-state index contributed by atoms with van der Waals surface area (Å²) in [7, 11) is 1.71. The van der Waals surface area contributed by atoms with Crippen LogP contribution in [0.3, 0.4) is 0 Å². The van der Waals surface area contributed by atoms with Crippen molar-refractivity contribution in [3.05, 3.63) is 29.8 Å². The lowest BCUT2D eigenvalue weighted by molar-refractivity contribution is 0.389. The number of benzene rings is 1. The molecule has 0 spiro atoms. The van der Waals surface area contributed by atoms with E-state index in [2.05, 4.69) is 31.3 Å². The molecule has 2 heteroatoms. The van der Waals surface area contributed by atoms with Gasteiger partial charge >= 0.3 is 0 Å². The third-order valence-electron chi connectivity index (χ3n) is 3.87. The van der Waals surface area contributed by atoms with Crippen LogP contribution in [-0.4, -0.2) is 13.2 Å². The highest BCUT2D eigenvalue weighted by Crippen LogP contribution is 2.35. The molecule has 0 aliphatic heterocycles. The van der Waals surface area contributed by atoms with E-state index in [1.54, 1.807) is 7.11 Å². The zero-order valence-electron chi connectivity index (χ0n) is 11.8. The summed E-state index contributed by atoms with van der Waals surface area (Å²) in [5, 5.41) is 3.79. The van der Waals surface area contributed by atoms with Crippen molar-refractivity contribution < 1.29 is 4.74 Å². The highest BCUT2D eigenvalue weighted by atomic mass is 16.5. The largest absolute Gasteiger partial charge is 0.497 e. The van der Waals surface area contributed by atoms with Crippen molar-refractivity contribution in [2.45, 2.75) is 51.6 Å². The van der Waals surface area contributed by atoms with Crippen molar-refractivity contribution >= 4 is 0 Å². The molecule has 18 heavy (non-hydrogen) atoms. The van der Waals surface area contributed by atoms with E-state index in [4.69, 9.17) is 4.74 Å². The maximum absolute atomic E-state index is 5.20. The molecular weight excluding hydrogens is 222 g/mol. The minimum atomic E-state index is 0.424. The standard InChI is InChI=1S/C16H25NO/c1-4-5-16(14-6-7-14)17-12(2)13-8-10-15(18-3)11-9-13/h8-12,14,16-17H,4-7H2,1-3H3/t12-,16?/m0/s1. The number of nitrogens with one attached hydrogen (secondary N) is 1. The van der Waals surface area contributed by atoms with Gasteiger partial charge in [-0.2, -0.15) is 0 Å². The van der Waals surface area contributed by atoms with Gasteiger partial charge in [0.25, 0.3) is 0 Å². The van der Waals surface area contributed by atoms with Gasteiger partial charge in [-0.1, -0.05) is 25.5 Å². The van der Waals surface area contributed by atoms with Gasteiger partial charge in [-0.15, -0.1) is 0 Å². The minimum absolute atomic E-state index is 0.424. The summed E-state index contributed by atoms with van der Waals surface area (Å²) in [6, 6.07) is 9.53. The van der Waals surface area contributed by atoms with Crippen molar-refractivity contribution in [2.75, 3.05) is 7.11 Å². The maximum atomic E-state index is 5.20. The van der Waals surface area contributed by atoms with Gasteiger partial charge in [0, 0.05) is 12.1 Å². The Kier molecular flexibility index (Phi) is 4.65. The molecule has 1 fully saturated rings. The smallest absolute Gasteiger partial charge is 0.118 e. The average molecular weight is 247 g/mol. The summed E-state index contributed by atoms with van der Waals surface area (Å²) in [5.74, 6) is 1.85. The third-order valence-corrected chi connectivity index (χ3v) is 3.87. The number of ether oxygens (including phenoxy) is 1. The molecule has 1 N–H and O–H groups in total. The van der Waals surface area contributed by atoms with Crippen LogP contribution >= 0.6 is 0 Å². The fourth-order valence-electron chi connectivity index (χ4n) is 2.57. The molecule has 1 aromatic rings. The highest BCUT2D eigenvalue weighted by molar-refractivity contribution is 5.28. The first-order valence-electron chi connectivity index (χ1n) is 7.14. The molecule has 2 rings (SSSR count). The normalized spacial score (nSPS) is 18.4. The topological polar surface area (TPSA) is 21.3 Å². The van der Waals surface area contributed by atoms with Crippen LogP contribution in [0.1, 0.15) is 51.1 Å². The Morgan fingerprint density at radius 2 is 1.94 bits per heavy atom. The van der Waals surface area contributed by atoms with Crippen LogP contribution in [0.2, 0.25) is 0 Å². The van der Waals surface area contributed by atoms with Gasteiger partial charge in [-0.3, -0.25) is 0 Å². The molecule has 0 saturated heterocycles. The zero-order chi connectivity index (χ0) is 13.0. The van der Waals surface area contributed by atoms with Crippen LogP contribution in [0.4, 0.5) is 0 Å². The van der Waals surface area contributed by atoms with Crippen LogP contribution in [0.5, 0.6) is 5.75 Å². The first-order valence-corrected chi connectivity index (χ1v) is 7.14. The van der Waals surface area contributed by atoms with Gasteiger partial charge in [0.15, 0.2) is 0 Å². The molecular formula is C16H25NO. The summed E-state index contributed by atoms with van der Waals surface area (Å²) in [4.78, 5) is 0. The monoisotopic (exact) mass is 247 g/mol. The lowest BCUT2D eigenvalue weighted by Crippen LogP contribution is -2.33. The molecule has 2 nitrogen and oxygen atoms in total. The predicted octanol–water partition coefficient (Wildman–Crippen LogP) is 3.92. The lowest BCUT2D eigenvalue weighted by atomic mass is 10.0. The van der Waals surface area contributed by atoms with Crippen LogP contribution in [-0.2, 0) is 0 Å². The summed E-state index contributed by atoms with van der Waals surface area (Å²) in [6.07, 6.45) is 5.38. The van der Waals surface area contributed by atoms with E-state index in [0.29, 0.717) is 12.1 Å². The highest BCUT2D eigenvalue weighted by Gasteiger charge is 2.31. The van der Waals surface area contributed by atoms with Crippen molar-refractivity contribution in [3.63, 3.8) is 0 Å². The Hall–Kier alpha value is -1.02. The van der Waals surface area contributed by atoms with Crippen molar-refractivity contribution in [2.24, 2.45) is 5.92 Å².